The Bertz CT molecular complexity index is 1440. The number of alkyl halides is 3. The number of aromatic nitrogens is 4. The van der Waals surface area contributed by atoms with Crippen molar-refractivity contribution in [3.05, 3.63) is 53.7 Å². The van der Waals surface area contributed by atoms with E-state index in [1.807, 2.05) is 30.5 Å². The molecule has 1 amide bonds. The number of anilines is 1. The summed E-state index contributed by atoms with van der Waals surface area (Å²) in [6.45, 7) is 7.95. The summed E-state index contributed by atoms with van der Waals surface area (Å²) in [6, 6.07) is 9.13. The summed E-state index contributed by atoms with van der Waals surface area (Å²) < 4.78 is 41.2. The van der Waals surface area contributed by atoms with Crippen LogP contribution < -0.4 is 10.2 Å². The lowest BCUT2D eigenvalue weighted by molar-refractivity contribution is -0.180. The second kappa shape index (κ2) is 10.9. The number of pyridine rings is 1. The van der Waals surface area contributed by atoms with Crippen molar-refractivity contribution < 1.29 is 18.0 Å². The minimum Gasteiger partial charge on any atom is -0.355 e. The maximum atomic E-state index is 13.3. The summed E-state index contributed by atoms with van der Waals surface area (Å²) in [7, 11) is 0. The average molecular weight is 558 g/mol. The van der Waals surface area contributed by atoms with Crippen LogP contribution >= 0.6 is 11.3 Å². The number of hydrogen-bond acceptors (Lipinski definition) is 7. The Morgan fingerprint density at radius 3 is 2.62 bits per heavy atom. The molecule has 206 valence electrons. The van der Waals surface area contributed by atoms with Crippen LogP contribution in [0.2, 0.25) is 0 Å². The van der Waals surface area contributed by atoms with Crippen LogP contribution in [0.3, 0.4) is 0 Å². The molecule has 8 nitrogen and oxygen atoms in total. The molecule has 1 unspecified atom stereocenters. The van der Waals surface area contributed by atoms with Gasteiger partial charge in [0.1, 0.15) is 5.82 Å². The molecule has 1 N–H and O–H groups in total. The maximum absolute atomic E-state index is 13.3. The highest BCUT2D eigenvalue weighted by Gasteiger charge is 2.47. The van der Waals surface area contributed by atoms with Gasteiger partial charge in [-0.15, -0.1) is 11.3 Å². The third kappa shape index (κ3) is 5.62. The van der Waals surface area contributed by atoms with Crippen LogP contribution in [0.15, 0.2) is 48.1 Å². The van der Waals surface area contributed by atoms with Gasteiger partial charge >= 0.3 is 6.18 Å². The summed E-state index contributed by atoms with van der Waals surface area (Å²) in [4.78, 5) is 27.5. The fraction of sp³-hybridized carbons (Fsp3) is 0.407. The molecule has 0 saturated carbocycles. The molecule has 0 aromatic carbocycles. The lowest BCUT2D eigenvalue weighted by atomic mass is 9.99. The Morgan fingerprint density at radius 2 is 1.95 bits per heavy atom. The largest absolute Gasteiger partial charge is 0.395 e. The van der Waals surface area contributed by atoms with Crippen LogP contribution in [0, 0.1) is 5.92 Å². The number of nitrogens with one attached hydrogen (secondary N) is 1. The molecule has 5 rings (SSSR count). The molecule has 0 spiro atoms. The van der Waals surface area contributed by atoms with Gasteiger partial charge in [-0.25, -0.2) is 14.5 Å². The van der Waals surface area contributed by atoms with Crippen LogP contribution in [0.25, 0.3) is 27.5 Å². The van der Waals surface area contributed by atoms with Gasteiger partial charge < -0.3 is 10.2 Å². The minimum absolute atomic E-state index is 0.132. The Balaban J connectivity index is 1.49. The molecule has 4 aromatic heterocycles. The molecule has 1 aliphatic heterocycles. The zero-order chi connectivity index (χ0) is 27.7. The predicted molar refractivity (Wildman–Crippen MR) is 146 cm³/mol. The summed E-state index contributed by atoms with van der Waals surface area (Å²) in [6.07, 6.45) is -0.846. The molecule has 0 aliphatic carbocycles. The maximum Gasteiger partial charge on any atom is 0.395 e. The molecule has 4 aromatic rings. The van der Waals surface area contributed by atoms with Gasteiger partial charge in [-0.2, -0.15) is 18.3 Å². The van der Waals surface area contributed by atoms with Crippen LogP contribution in [-0.2, 0) is 0 Å². The second-order valence-corrected chi connectivity index (χ2v) is 10.6. The van der Waals surface area contributed by atoms with Crippen LogP contribution in [0.1, 0.15) is 31.1 Å². The Kier molecular flexibility index (Phi) is 7.59. The van der Waals surface area contributed by atoms with Gasteiger partial charge in [0.15, 0.2) is 5.65 Å². The number of carbonyl (C=O) groups excluding carboxylic acids is 1. The first-order valence-corrected chi connectivity index (χ1v) is 13.8. The van der Waals surface area contributed by atoms with E-state index in [1.54, 1.807) is 45.3 Å². The minimum atomic E-state index is -4.26. The van der Waals surface area contributed by atoms with Gasteiger partial charge in [0.05, 0.1) is 33.9 Å². The van der Waals surface area contributed by atoms with Crippen LogP contribution in [-0.4, -0.2) is 75.3 Å². The van der Waals surface area contributed by atoms with Crippen molar-refractivity contribution in [1.29, 1.82) is 0 Å². The van der Waals surface area contributed by atoms with E-state index in [2.05, 4.69) is 34.1 Å². The van der Waals surface area contributed by atoms with Crippen molar-refractivity contribution in [3.63, 3.8) is 0 Å². The number of thiophene rings is 1. The lowest BCUT2D eigenvalue weighted by Crippen LogP contribution is -2.53. The highest BCUT2D eigenvalue weighted by Crippen LogP contribution is 2.37. The highest BCUT2D eigenvalue weighted by molar-refractivity contribution is 7.13. The van der Waals surface area contributed by atoms with E-state index in [4.69, 9.17) is 4.98 Å². The van der Waals surface area contributed by atoms with E-state index in [0.717, 1.165) is 23.7 Å². The molecule has 1 atom stereocenters. The molecule has 39 heavy (non-hydrogen) atoms. The van der Waals surface area contributed by atoms with Crippen molar-refractivity contribution >= 4 is 28.7 Å². The third-order valence-electron chi connectivity index (χ3n) is 7.15. The number of likely N-dealkylation sites (N-methyl/N-ethyl adjacent to an activating group) is 1. The van der Waals surface area contributed by atoms with Gasteiger partial charge in [0.25, 0.3) is 5.91 Å². The third-order valence-corrected chi connectivity index (χ3v) is 8.05. The fourth-order valence-corrected chi connectivity index (χ4v) is 5.44. The smallest absolute Gasteiger partial charge is 0.355 e. The van der Waals surface area contributed by atoms with Gasteiger partial charge in [-0.3, -0.25) is 9.69 Å². The second-order valence-electron chi connectivity index (χ2n) is 9.64. The highest BCUT2D eigenvalue weighted by atomic mass is 32.1. The van der Waals surface area contributed by atoms with Gasteiger partial charge in [-0.1, -0.05) is 19.9 Å². The van der Waals surface area contributed by atoms with E-state index < -0.39 is 12.1 Å². The SMILES string of the molecule is CCN(CC)C(C)CNC(=O)c1cc(-c2cnn3ccc(-c4cccs4)nc23)nc(N2CC(C(F)(F)F)C2)c1. The van der Waals surface area contributed by atoms with Gasteiger partial charge in [0.2, 0.25) is 0 Å². The quantitative estimate of drug-likeness (QED) is 0.313. The summed E-state index contributed by atoms with van der Waals surface area (Å²) in [5.41, 5.74) is 2.66. The molecular formula is C27H30F3N7OS. The zero-order valence-electron chi connectivity index (χ0n) is 21.9. The first kappa shape index (κ1) is 27.1. The van der Waals surface area contributed by atoms with Gasteiger partial charge in [-0.05, 0) is 49.7 Å². The van der Waals surface area contributed by atoms with Crippen molar-refractivity contribution in [2.45, 2.75) is 33.0 Å². The summed E-state index contributed by atoms with van der Waals surface area (Å²) >= 11 is 1.56. The molecule has 1 saturated heterocycles. The molecule has 0 radical (unpaired) electrons. The summed E-state index contributed by atoms with van der Waals surface area (Å²) in [5, 5.41) is 9.34. The topological polar surface area (TPSA) is 78.7 Å². The molecule has 5 heterocycles. The van der Waals surface area contributed by atoms with Crippen molar-refractivity contribution in [3.8, 4) is 21.8 Å². The monoisotopic (exact) mass is 557 g/mol. The standard InChI is InChI=1S/C27H30F3N7OS/c1-4-35(5-2)17(3)13-31-26(38)18-11-22(33-24(12-18)36-15-19(16-36)27(28,29)30)20-14-32-37-9-8-21(34-25(20)37)23-7-6-10-39-23/h6-12,14,17,19H,4-5,13,15-16H2,1-3H3,(H,31,38). The predicted octanol–water partition coefficient (Wildman–Crippen LogP) is 4.98. The van der Waals surface area contributed by atoms with Crippen molar-refractivity contribution in [2.75, 3.05) is 37.6 Å². The molecule has 0 bridgehead atoms. The van der Waals surface area contributed by atoms with E-state index in [1.165, 1.54) is 0 Å². The number of fused-ring (bicyclic) bond motifs is 1. The number of amides is 1. The molecule has 1 fully saturated rings. The lowest BCUT2D eigenvalue weighted by Gasteiger charge is -2.41. The Hall–Kier alpha value is -3.51. The zero-order valence-corrected chi connectivity index (χ0v) is 22.8. The van der Waals surface area contributed by atoms with Crippen molar-refractivity contribution in [2.24, 2.45) is 5.92 Å². The number of nitrogens with zero attached hydrogens (tertiary/aromatic N) is 6. The molecule has 12 heteroatoms. The number of halogens is 3. The van der Waals surface area contributed by atoms with Crippen LogP contribution in [0.4, 0.5) is 19.0 Å². The average Bonchev–Trinajstić information content (AvgIpc) is 3.56. The van der Waals surface area contributed by atoms with Crippen LogP contribution in [0.5, 0.6) is 0 Å². The number of rotatable bonds is 9. The van der Waals surface area contributed by atoms with Gasteiger partial charge in [0, 0.05) is 37.4 Å². The number of carbonyl (C=O) groups is 1. The first-order chi connectivity index (χ1) is 18.7. The van der Waals surface area contributed by atoms with Crippen molar-refractivity contribution in [1.82, 2.24) is 29.8 Å². The van der Waals surface area contributed by atoms with E-state index in [9.17, 15) is 18.0 Å². The van der Waals surface area contributed by atoms with E-state index >= 15 is 0 Å². The Labute approximate surface area is 228 Å². The molecular weight excluding hydrogens is 527 g/mol. The van der Waals surface area contributed by atoms with E-state index in [-0.39, 0.29) is 25.0 Å². The number of hydrogen-bond donors (Lipinski definition) is 1. The Morgan fingerprint density at radius 1 is 1.18 bits per heavy atom. The van der Waals surface area contributed by atoms with E-state index in [0.29, 0.717) is 34.8 Å². The fourth-order valence-electron chi connectivity index (χ4n) is 4.75. The normalized spacial score (nSPS) is 15.1. The molecule has 1 aliphatic rings. The summed E-state index contributed by atoms with van der Waals surface area (Å²) in [5.74, 6) is -1.40. The first-order valence-electron chi connectivity index (χ1n) is 12.9.